The topological polar surface area (TPSA) is 76.5 Å². The Labute approximate surface area is 201 Å². The summed E-state index contributed by atoms with van der Waals surface area (Å²) >= 11 is 1.41. The van der Waals surface area contributed by atoms with Gasteiger partial charge < -0.3 is 15.0 Å². The lowest BCUT2D eigenvalue weighted by Crippen LogP contribution is -2.42. The van der Waals surface area contributed by atoms with Crippen molar-refractivity contribution in [3.63, 3.8) is 0 Å². The fourth-order valence-electron chi connectivity index (χ4n) is 4.34. The summed E-state index contributed by atoms with van der Waals surface area (Å²) in [5, 5.41) is 4.96. The average Bonchev–Trinajstić information content (AvgIpc) is 3.37. The summed E-state index contributed by atoms with van der Waals surface area (Å²) in [4.78, 5) is 33.1. The van der Waals surface area contributed by atoms with Crippen molar-refractivity contribution in [3.8, 4) is 11.4 Å². The number of piperidine rings is 1. The third-order valence-corrected chi connectivity index (χ3v) is 7.14. The highest BCUT2D eigenvalue weighted by molar-refractivity contribution is 7.17. The molecular weight excluding hydrogens is 448 g/mol. The Morgan fingerprint density at radius 3 is 2.53 bits per heavy atom. The van der Waals surface area contributed by atoms with E-state index in [0.29, 0.717) is 43.1 Å². The maximum Gasteiger partial charge on any atom is 0.277 e. The lowest BCUT2D eigenvalue weighted by Gasteiger charge is -2.33. The predicted molar refractivity (Wildman–Crippen MR) is 135 cm³/mol. The lowest BCUT2D eigenvalue weighted by atomic mass is 9.96. The van der Waals surface area contributed by atoms with Crippen molar-refractivity contribution in [2.75, 3.05) is 25.1 Å². The number of benzene rings is 2. The molecule has 1 saturated heterocycles. The zero-order chi connectivity index (χ0) is 23.5. The Hall–Kier alpha value is -3.65. The fourth-order valence-corrected chi connectivity index (χ4v) is 5.10. The van der Waals surface area contributed by atoms with E-state index in [1.807, 2.05) is 66.0 Å². The summed E-state index contributed by atoms with van der Waals surface area (Å²) in [6, 6.07) is 19.2. The van der Waals surface area contributed by atoms with Gasteiger partial charge in [-0.2, -0.15) is 0 Å². The average molecular weight is 475 g/mol. The SMILES string of the molecule is COc1ccc(CNC(=O)C2CCN(c3nc4ccsc4c(=O)n3-c3ccccc3)CC2)cc1. The van der Waals surface area contributed by atoms with Gasteiger partial charge >= 0.3 is 0 Å². The summed E-state index contributed by atoms with van der Waals surface area (Å²) < 4.78 is 7.53. The van der Waals surface area contributed by atoms with Crippen molar-refractivity contribution >= 4 is 33.4 Å². The van der Waals surface area contributed by atoms with E-state index in [1.165, 1.54) is 11.3 Å². The van der Waals surface area contributed by atoms with E-state index >= 15 is 0 Å². The number of nitrogens with one attached hydrogen (secondary N) is 1. The molecule has 1 aliphatic rings. The number of ether oxygens (including phenoxy) is 1. The minimum atomic E-state index is -0.0590. The molecule has 0 unspecified atom stereocenters. The van der Waals surface area contributed by atoms with Crippen molar-refractivity contribution < 1.29 is 9.53 Å². The van der Waals surface area contributed by atoms with Crippen molar-refractivity contribution in [2.45, 2.75) is 19.4 Å². The van der Waals surface area contributed by atoms with E-state index in [1.54, 1.807) is 11.7 Å². The van der Waals surface area contributed by atoms with E-state index in [-0.39, 0.29) is 17.4 Å². The summed E-state index contributed by atoms with van der Waals surface area (Å²) in [6.07, 6.45) is 1.42. The predicted octanol–water partition coefficient (Wildman–Crippen LogP) is 3.99. The number of anilines is 1. The third-order valence-electron chi connectivity index (χ3n) is 6.25. The number of carbonyl (C=O) groups is 1. The molecule has 2 aromatic heterocycles. The highest BCUT2D eigenvalue weighted by atomic mass is 32.1. The second-order valence-corrected chi connectivity index (χ2v) is 9.27. The van der Waals surface area contributed by atoms with Gasteiger partial charge in [-0.3, -0.25) is 9.59 Å². The Kier molecular flexibility index (Phi) is 6.31. The first-order valence-corrected chi connectivity index (χ1v) is 12.2. The monoisotopic (exact) mass is 474 g/mol. The van der Waals surface area contributed by atoms with E-state index < -0.39 is 0 Å². The van der Waals surface area contributed by atoms with Crippen LogP contribution < -0.4 is 20.5 Å². The zero-order valence-electron chi connectivity index (χ0n) is 18.9. The minimum Gasteiger partial charge on any atom is -0.497 e. The van der Waals surface area contributed by atoms with E-state index in [0.717, 1.165) is 22.5 Å². The van der Waals surface area contributed by atoms with Crippen LogP contribution in [0.2, 0.25) is 0 Å². The van der Waals surface area contributed by atoms with Gasteiger partial charge in [-0.05, 0) is 54.1 Å². The fraction of sp³-hybridized carbons (Fsp3) is 0.269. The number of thiophene rings is 1. The molecule has 3 heterocycles. The van der Waals surface area contributed by atoms with Crippen LogP contribution in [0.15, 0.2) is 70.8 Å². The molecule has 8 heteroatoms. The molecule has 0 atom stereocenters. The molecule has 1 fully saturated rings. The summed E-state index contributed by atoms with van der Waals surface area (Å²) in [7, 11) is 1.64. The van der Waals surface area contributed by atoms with Crippen LogP contribution >= 0.6 is 11.3 Å². The van der Waals surface area contributed by atoms with Gasteiger partial charge in [0.1, 0.15) is 10.4 Å². The smallest absolute Gasteiger partial charge is 0.277 e. The molecule has 34 heavy (non-hydrogen) atoms. The maximum atomic E-state index is 13.3. The number of aromatic nitrogens is 2. The van der Waals surface area contributed by atoms with Gasteiger partial charge in [0.05, 0.1) is 18.3 Å². The maximum absolute atomic E-state index is 13.3. The highest BCUT2D eigenvalue weighted by Crippen LogP contribution is 2.26. The van der Waals surface area contributed by atoms with Gasteiger partial charge in [-0.15, -0.1) is 11.3 Å². The quantitative estimate of drug-likeness (QED) is 0.457. The number of hydrogen-bond donors (Lipinski definition) is 1. The molecule has 1 amide bonds. The Balaban J connectivity index is 1.30. The molecule has 0 bridgehead atoms. The van der Waals surface area contributed by atoms with Crippen LogP contribution in [-0.2, 0) is 11.3 Å². The first-order chi connectivity index (χ1) is 16.6. The van der Waals surface area contributed by atoms with Gasteiger partial charge in [0.15, 0.2) is 0 Å². The number of rotatable bonds is 6. The standard InChI is InChI=1S/C26H26N4O3S/c1-33-21-9-7-18(8-10-21)17-27-24(31)19-11-14-29(15-12-19)26-28-22-13-16-34-23(22)25(32)30(26)20-5-3-2-4-6-20/h2-10,13,16,19H,11-12,14-15,17H2,1H3,(H,27,31). The summed E-state index contributed by atoms with van der Waals surface area (Å²) in [5.41, 5.74) is 2.49. The number of amides is 1. The Morgan fingerprint density at radius 2 is 1.82 bits per heavy atom. The second-order valence-electron chi connectivity index (χ2n) is 8.35. The van der Waals surface area contributed by atoms with Gasteiger partial charge in [-0.1, -0.05) is 30.3 Å². The van der Waals surface area contributed by atoms with Crippen molar-refractivity contribution in [2.24, 2.45) is 5.92 Å². The van der Waals surface area contributed by atoms with E-state index in [2.05, 4.69) is 10.2 Å². The van der Waals surface area contributed by atoms with Crippen LogP contribution in [0, 0.1) is 5.92 Å². The molecule has 0 aliphatic carbocycles. The normalized spacial score (nSPS) is 14.3. The van der Waals surface area contributed by atoms with E-state index in [4.69, 9.17) is 9.72 Å². The molecule has 1 aliphatic heterocycles. The molecule has 4 aromatic rings. The number of para-hydroxylation sites is 1. The van der Waals surface area contributed by atoms with Gasteiger partial charge in [-0.25, -0.2) is 9.55 Å². The summed E-state index contributed by atoms with van der Waals surface area (Å²) in [5.74, 6) is 1.44. The van der Waals surface area contributed by atoms with Crippen LogP contribution in [0.3, 0.4) is 0 Å². The molecule has 0 spiro atoms. The molecule has 174 valence electrons. The second kappa shape index (κ2) is 9.69. The number of methoxy groups -OCH3 is 1. The van der Waals surface area contributed by atoms with Crippen LogP contribution in [0.4, 0.5) is 5.95 Å². The molecule has 7 nitrogen and oxygen atoms in total. The Bertz CT molecular complexity index is 1340. The van der Waals surface area contributed by atoms with Crippen molar-refractivity contribution in [1.82, 2.24) is 14.9 Å². The molecular formula is C26H26N4O3S. The molecule has 0 radical (unpaired) electrons. The highest BCUT2D eigenvalue weighted by Gasteiger charge is 2.28. The molecule has 0 saturated carbocycles. The summed E-state index contributed by atoms with van der Waals surface area (Å²) in [6.45, 7) is 1.82. The molecule has 1 N–H and O–H groups in total. The van der Waals surface area contributed by atoms with Crippen molar-refractivity contribution in [3.05, 3.63) is 82.0 Å². The Morgan fingerprint density at radius 1 is 1.09 bits per heavy atom. The number of nitrogens with zero attached hydrogens (tertiary/aromatic N) is 3. The minimum absolute atomic E-state index is 0.0550. The number of hydrogen-bond acceptors (Lipinski definition) is 6. The van der Waals surface area contributed by atoms with E-state index in [9.17, 15) is 9.59 Å². The van der Waals surface area contributed by atoms with Gasteiger partial charge in [0.2, 0.25) is 11.9 Å². The molecule has 5 rings (SSSR count). The van der Waals surface area contributed by atoms with Gasteiger partial charge in [0, 0.05) is 25.6 Å². The number of carbonyl (C=O) groups excluding carboxylic acids is 1. The zero-order valence-corrected chi connectivity index (χ0v) is 19.8. The largest absolute Gasteiger partial charge is 0.497 e. The number of fused-ring (bicyclic) bond motifs is 1. The van der Waals surface area contributed by atoms with Crippen LogP contribution in [0.1, 0.15) is 18.4 Å². The molecule has 2 aromatic carbocycles. The van der Waals surface area contributed by atoms with Crippen molar-refractivity contribution in [1.29, 1.82) is 0 Å². The third kappa shape index (κ3) is 4.41. The van der Waals surface area contributed by atoms with Crippen LogP contribution in [0.5, 0.6) is 5.75 Å². The lowest BCUT2D eigenvalue weighted by molar-refractivity contribution is -0.125. The first kappa shape index (κ1) is 22.2. The van der Waals surface area contributed by atoms with Gasteiger partial charge in [0.25, 0.3) is 5.56 Å². The van der Waals surface area contributed by atoms with Crippen LogP contribution in [-0.4, -0.2) is 35.7 Å². The van der Waals surface area contributed by atoms with Crippen LogP contribution in [0.25, 0.3) is 15.9 Å². The first-order valence-electron chi connectivity index (χ1n) is 11.4.